The van der Waals surface area contributed by atoms with Gasteiger partial charge in [0.25, 0.3) is 5.76 Å². The maximum absolute atomic E-state index is 12.7. The Morgan fingerprint density at radius 1 is 1.45 bits per heavy atom. The van der Waals surface area contributed by atoms with Gasteiger partial charge in [-0.1, -0.05) is 12.1 Å². The molecule has 1 aromatic heterocycles. The number of imidazole rings is 1. The van der Waals surface area contributed by atoms with E-state index >= 15 is 0 Å². The van der Waals surface area contributed by atoms with Crippen molar-refractivity contribution < 1.29 is 18.7 Å². The predicted octanol–water partition coefficient (Wildman–Crippen LogP) is 1.94. The lowest BCUT2D eigenvalue weighted by Gasteiger charge is -2.17. The van der Waals surface area contributed by atoms with Crippen molar-refractivity contribution in [2.24, 2.45) is 0 Å². The van der Waals surface area contributed by atoms with Gasteiger partial charge in [-0.3, -0.25) is 4.79 Å². The highest BCUT2D eigenvalue weighted by molar-refractivity contribution is 7.99. The van der Waals surface area contributed by atoms with E-state index in [-0.39, 0.29) is 17.6 Å². The van der Waals surface area contributed by atoms with Crippen LogP contribution in [0.3, 0.4) is 0 Å². The predicted molar refractivity (Wildman–Crippen MR) is 78.8 cm³/mol. The molecule has 1 atom stereocenters. The van der Waals surface area contributed by atoms with E-state index in [1.54, 1.807) is 29.2 Å². The number of fused-ring (bicyclic) bond motifs is 1. The quantitative estimate of drug-likeness (QED) is 0.872. The van der Waals surface area contributed by atoms with Crippen LogP contribution in [0, 0.1) is 0 Å². The first kappa shape index (κ1) is 15.2. The number of hydrogen-bond acceptors (Lipinski definition) is 4. The molecule has 8 heteroatoms. The van der Waals surface area contributed by atoms with E-state index in [2.05, 4.69) is 4.98 Å². The lowest BCUT2D eigenvalue weighted by Crippen LogP contribution is -2.32. The molecular formula is C14H15F2N3O2S. The molecule has 0 radical (unpaired) electrons. The van der Waals surface area contributed by atoms with E-state index in [1.807, 2.05) is 0 Å². The van der Waals surface area contributed by atoms with Crippen molar-refractivity contribution in [2.75, 3.05) is 13.1 Å². The summed E-state index contributed by atoms with van der Waals surface area (Å²) in [6, 6.07) is 7.03. The smallest absolute Gasteiger partial charge is 0.291 e. The Labute approximate surface area is 129 Å². The molecule has 118 valence electrons. The van der Waals surface area contributed by atoms with Gasteiger partial charge in [-0.15, -0.1) is 0 Å². The van der Waals surface area contributed by atoms with E-state index in [4.69, 9.17) is 0 Å². The summed E-state index contributed by atoms with van der Waals surface area (Å²) in [4.78, 5) is 18.0. The van der Waals surface area contributed by atoms with E-state index in [0.717, 1.165) is 0 Å². The molecule has 22 heavy (non-hydrogen) atoms. The monoisotopic (exact) mass is 327 g/mol. The Morgan fingerprint density at radius 2 is 2.23 bits per heavy atom. The van der Waals surface area contributed by atoms with Gasteiger partial charge in [-0.05, 0) is 30.3 Å². The average molecular weight is 327 g/mol. The maximum atomic E-state index is 12.7. The van der Waals surface area contributed by atoms with Crippen LogP contribution in [-0.4, -0.2) is 50.4 Å². The second-order valence-electron chi connectivity index (χ2n) is 5.13. The molecule has 0 bridgehead atoms. The third-order valence-corrected chi connectivity index (χ3v) is 4.32. The van der Waals surface area contributed by atoms with Crippen molar-refractivity contribution >= 4 is 28.7 Å². The molecular weight excluding hydrogens is 312 g/mol. The molecule has 3 rings (SSSR count). The molecule has 1 aliphatic heterocycles. The number of aromatic nitrogens is 2. The standard InChI is InChI=1S/C14H15F2N3O2S/c15-13(16)22-14-17-10-3-1-2-4-11(10)19(14)8-12(21)18-6-5-9(20)7-18/h1-4,9,13,20H,5-8H2/t9-/m1/s1. The summed E-state index contributed by atoms with van der Waals surface area (Å²) in [6.07, 6.45) is 0.0492. The third kappa shape index (κ3) is 3.07. The highest BCUT2D eigenvalue weighted by atomic mass is 32.2. The lowest BCUT2D eigenvalue weighted by molar-refractivity contribution is -0.131. The number of likely N-dealkylation sites (tertiary alicyclic amines) is 1. The minimum absolute atomic E-state index is 0.0533. The Morgan fingerprint density at radius 3 is 2.91 bits per heavy atom. The summed E-state index contributed by atoms with van der Waals surface area (Å²) in [5.41, 5.74) is 1.23. The summed E-state index contributed by atoms with van der Waals surface area (Å²) >= 11 is 0.334. The summed E-state index contributed by atoms with van der Waals surface area (Å²) in [5.74, 6) is -2.80. The molecule has 5 nitrogen and oxygen atoms in total. The molecule has 0 saturated carbocycles. The fraction of sp³-hybridized carbons (Fsp3) is 0.429. The molecule has 2 heterocycles. The van der Waals surface area contributed by atoms with Gasteiger partial charge in [-0.25, -0.2) is 4.98 Å². The molecule has 0 aliphatic carbocycles. The number of aliphatic hydroxyl groups is 1. The number of hydrogen-bond donors (Lipinski definition) is 1. The van der Waals surface area contributed by atoms with Gasteiger partial charge in [0.2, 0.25) is 5.91 Å². The van der Waals surface area contributed by atoms with Gasteiger partial charge in [0, 0.05) is 13.1 Å². The van der Waals surface area contributed by atoms with E-state index in [9.17, 15) is 18.7 Å². The number of thioether (sulfide) groups is 1. The normalized spacial score (nSPS) is 18.5. The summed E-state index contributed by atoms with van der Waals surface area (Å²) < 4.78 is 26.9. The minimum atomic E-state index is -2.60. The van der Waals surface area contributed by atoms with Crippen LogP contribution in [-0.2, 0) is 11.3 Å². The molecule has 1 aliphatic rings. The number of nitrogens with zero attached hydrogens (tertiary/aromatic N) is 3. The van der Waals surface area contributed by atoms with Crippen molar-refractivity contribution in [3.63, 3.8) is 0 Å². The molecule has 1 aromatic carbocycles. The zero-order chi connectivity index (χ0) is 15.7. The van der Waals surface area contributed by atoms with Crippen LogP contribution in [0.1, 0.15) is 6.42 Å². The topological polar surface area (TPSA) is 58.4 Å². The molecule has 2 aromatic rings. The zero-order valence-corrected chi connectivity index (χ0v) is 12.5. The van der Waals surface area contributed by atoms with Crippen LogP contribution < -0.4 is 0 Å². The maximum Gasteiger partial charge on any atom is 0.291 e. The van der Waals surface area contributed by atoms with Gasteiger partial charge in [0.15, 0.2) is 5.16 Å². The van der Waals surface area contributed by atoms with E-state index in [0.29, 0.717) is 42.3 Å². The number of carbonyl (C=O) groups is 1. The second-order valence-corrected chi connectivity index (χ2v) is 6.09. The minimum Gasteiger partial charge on any atom is -0.391 e. The number of benzene rings is 1. The number of aliphatic hydroxyl groups excluding tert-OH is 1. The van der Waals surface area contributed by atoms with Crippen LogP contribution in [0.2, 0.25) is 0 Å². The summed E-state index contributed by atoms with van der Waals surface area (Å²) in [6.45, 7) is 0.731. The summed E-state index contributed by atoms with van der Waals surface area (Å²) in [5, 5.41) is 9.63. The fourth-order valence-electron chi connectivity index (χ4n) is 2.58. The first-order valence-electron chi connectivity index (χ1n) is 6.90. The van der Waals surface area contributed by atoms with E-state index in [1.165, 1.54) is 4.57 Å². The van der Waals surface area contributed by atoms with E-state index < -0.39 is 11.9 Å². The van der Waals surface area contributed by atoms with Crippen molar-refractivity contribution in [2.45, 2.75) is 30.0 Å². The first-order valence-corrected chi connectivity index (χ1v) is 7.78. The lowest BCUT2D eigenvalue weighted by atomic mass is 10.3. The zero-order valence-electron chi connectivity index (χ0n) is 11.7. The summed E-state index contributed by atoms with van der Waals surface area (Å²) in [7, 11) is 0. The number of rotatable bonds is 4. The number of β-amino-alcohol motifs (C(OH)–C–C–N with tert-alkyl or cyclic N) is 1. The van der Waals surface area contributed by atoms with Gasteiger partial charge >= 0.3 is 0 Å². The molecule has 1 fully saturated rings. The number of carbonyl (C=O) groups excluding carboxylic acids is 1. The molecule has 1 amide bonds. The van der Waals surface area contributed by atoms with Gasteiger partial charge < -0.3 is 14.6 Å². The van der Waals surface area contributed by atoms with Crippen molar-refractivity contribution in [3.8, 4) is 0 Å². The van der Waals surface area contributed by atoms with Crippen molar-refractivity contribution in [1.29, 1.82) is 0 Å². The average Bonchev–Trinajstić information content (AvgIpc) is 3.03. The number of alkyl halides is 2. The number of amides is 1. The SMILES string of the molecule is O=C(Cn1c(SC(F)F)nc2ccccc21)N1CC[C@@H](O)C1. The molecule has 1 saturated heterocycles. The largest absolute Gasteiger partial charge is 0.391 e. The highest BCUT2D eigenvalue weighted by Crippen LogP contribution is 2.28. The van der Waals surface area contributed by atoms with Crippen LogP contribution in [0.25, 0.3) is 11.0 Å². The fourth-order valence-corrected chi connectivity index (χ4v) is 3.18. The van der Waals surface area contributed by atoms with Crippen LogP contribution in [0.15, 0.2) is 29.4 Å². The number of halogens is 2. The molecule has 0 unspecified atom stereocenters. The Bertz CT molecular complexity index is 692. The van der Waals surface area contributed by atoms with Gasteiger partial charge in [0.1, 0.15) is 6.54 Å². The third-order valence-electron chi connectivity index (χ3n) is 3.62. The van der Waals surface area contributed by atoms with Gasteiger partial charge in [-0.2, -0.15) is 8.78 Å². The second kappa shape index (κ2) is 6.21. The van der Waals surface area contributed by atoms with Crippen LogP contribution in [0.4, 0.5) is 8.78 Å². The van der Waals surface area contributed by atoms with Crippen LogP contribution >= 0.6 is 11.8 Å². The van der Waals surface area contributed by atoms with Crippen molar-refractivity contribution in [3.05, 3.63) is 24.3 Å². The Hall–Kier alpha value is -1.67. The molecule has 0 spiro atoms. The Kier molecular flexibility index (Phi) is 4.30. The van der Waals surface area contributed by atoms with Crippen LogP contribution in [0.5, 0.6) is 0 Å². The number of para-hydroxylation sites is 2. The molecule has 1 N–H and O–H groups in total. The first-order chi connectivity index (χ1) is 10.5. The highest BCUT2D eigenvalue weighted by Gasteiger charge is 2.26. The van der Waals surface area contributed by atoms with Gasteiger partial charge in [0.05, 0.1) is 17.1 Å². The Balaban J connectivity index is 1.89. The van der Waals surface area contributed by atoms with Crippen molar-refractivity contribution in [1.82, 2.24) is 14.5 Å².